The number of ether oxygens (including phenoxy) is 2. The van der Waals surface area contributed by atoms with Gasteiger partial charge in [-0.05, 0) is 39.8 Å². The molecule has 0 saturated carbocycles. The molecule has 9 nitrogen and oxygen atoms in total. The van der Waals surface area contributed by atoms with Crippen molar-refractivity contribution in [3.8, 4) is 11.5 Å². The summed E-state index contributed by atoms with van der Waals surface area (Å²) in [4.78, 5) is 29.9. The maximum atomic E-state index is 12.9. The molecule has 0 unspecified atom stereocenters. The van der Waals surface area contributed by atoms with Crippen LogP contribution in [-0.4, -0.2) is 38.5 Å². The van der Waals surface area contributed by atoms with Crippen molar-refractivity contribution < 1.29 is 14.3 Å². The van der Waals surface area contributed by atoms with Crippen LogP contribution in [0.15, 0.2) is 29.2 Å². The lowest BCUT2D eigenvalue weighted by molar-refractivity contribution is -0.116. The molecule has 0 aliphatic carbocycles. The second kappa shape index (κ2) is 7.47. The third kappa shape index (κ3) is 3.74. The smallest absolute Gasteiger partial charge is 0.264 e. The molecule has 3 aromatic rings. The molecule has 0 spiro atoms. The summed E-state index contributed by atoms with van der Waals surface area (Å²) in [6, 6.07) is 5.26. The summed E-state index contributed by atoms with van der Waals surface area (Å²) in [7, 11) is 0. The van der Waals surface area contributed by atoms with Crippen molar-refractivity contribution in [2.45, 2.75) is 46.2 Å². The molecular weight excluding hydrogens is 386 g/mol. The highest BCUT2D eigenvalue weighted by Crippen LogP contribution is 2.32. The maximum Gasteiger partial charge on any atom is 0.264 e. The second-order valence-corrected chi connectivity index (χ2v) is 8.24. The zero-order chi connectivity index (χ0) is 21.5. The fourth-order valence-electron chi connectivity index (χ4n) is 3.42. The molecule has 1 N–H and O–H groups in total. The SMILES string of the molecule is Cc1nc2c(cnn2C(C)(C)C)c(=O)n1CCC(=O)Nc1ccc2c(c1)OCCO2. The normalized spacial score (nSPS) is 13.5. The average Bonchev–Trinajstić information content (AvgIpc) is 3.12. The van der Waals surface area contributed by atoms with E-state index >= 15 is 0 Å². The number of aromatic nitrogens is 4. The molecule has 1 amide bonds. The summed E-state index contributed by atoms with van der Waals surface area (Å²) in [6.07, 6.45) is 1.68. The van der Waals surface area contributed by atoms with Crippen LogP contribution in [0.3, 0.4) is 0 Å². The van der Waals surface area contributed by atoms with Gasteiger partial charge in [-0.3, -0.25) is 14.2 Å². The number of benzene rings is 1. The van der Waals surface area contributed by atoms with Gasteiger partial charge in [-0.1, -0.05) is 0 Å². The number of carbonyl (C=O) groups excluding carboxylic acids is 1. The number of anilines is 1. The molecule has 1 aliphatic rings. The Balaban J connectivity index is 1.49. The van der Waals surface area contributed by atoms with Crippen molar-refractivity contribution in [1.29, 1.82) is 0 Å². The minimum atomic E-state index is -0.288. The summed E-state index contributed by atoms with van der Waals surface area (Å²) < 4.78 is 14.3. The van der Waals surface area contributed by atoms with Crippen LogP contribution in [0.5, 0.6) is 11.5 Å². The van der Waals surface area contributed by atoms with Crippen molar-refractivity contribution in [1.82, 2.24) is 19.3 Å². The lowest BCUT2D eigenvalue weighted by atomic mass is 10.1. The van der Waals surface area contributed by atoms with E-state index in [0.29, 0.717) is 47.3 Å². The molecule has 158 valence electrons. The van der Waals surface area contributed by atoms with Gasteiger partial charge in [0.2, 0.25) is 5.91 Å². The Labute approximate surface area is 173 Å². The fraction of sp³-hybridized carbons (Fsp3) is 0.429. The summed E-state index contributed by atoms with van der Waals surface area (Å²) >= 11 is 0. The average molecular weight is 411 g/mol. The predicted molar refractivity (Wildman–Crippen MR) is 112 cm³/mol. The molecule has 4 rings (SSSR count). The number of nitrogens with one attached hydrogen (secondary N) is 1. The highest BCUT2D eigenvalue weighted by molar-refractivity contribution is 5.91. The van der Waals surface area contributed by atoms with Crippen LogP contribution >= 0.6 is 0 Å². The van der Waals surface area contributed by atoms with Gasteiger partial charge in [0, 0.05) is 24.7 Å². The molecule has 0 radical (unpaired) electrons. The van der Waals surface area contributed by atoms with E-state index in [-0.39, 0.29) is 30.0 Å². The number of carbonyl (C=O) groups is 1. The number of fused-ring (bicyclic) bond motifs is 2. The van der Waals surface area contributed by atoms with Crippen LogP contribution in [0.2, 0.25) is 0 Å². The summed E-state index contributed by atoms with van der Waals surface area (Å²) in [5.74, 6) is 1.61. The lowest BCUT2D eigenvalue weighted by Gasteiger charge is -2.20. The topological polar surface area (TPSA) is 100 Å². The molecule has 9 heteroatoms. The number of hydrogen-bond donors (Lipinski definition) is 1. The highest BCUT2D eigenvalue weighted by Gasteiger charge is 2.21. The number of amides is 1. The van der Waals surface area contributed by atoms with E-state index in [9.17, 15) is 9.59 Å². The Morgan fingerprint density at radius 3 is 2.67 bits per heavy atom. The van der Waals surface area contributed by atoms with Gasteiger partial charge in [0.25, 0.3) is 5.56 Å². The molecule has 1 aromatic carbocycles. The van der Waals surface area contributed by atoms with E-state index in [2.05, 4.69) is 15.4 Å². The van der Waals surface area contributed by atoms with Crippen LogP contribution in [0, 0.1) is 6.92 Å². The quantitative estimate of drug-likeness (QED) is 0.708. The zero-order valence-electron chi connectivity index (χ0n) is 17.6. The van der Waals surface area contributed by atoms with Crippen molar-refractivity contribution in [2.75, 3.05) is 18.5 Å². The Bertz CT molecular complexity index is 1170. The molecule has 30 heavy (non-hydrogen) atoms. The first-order valence-electron chi connectivity index (χ1n) is 9.89. The summed E-state index contributed by atoms with van der Waals surface area (Å²) in [5.41, 5.74) is 0.694. The number of hydrogen-bond acceptors (Lipinski definition) is 6. The molecule has 3 heterocycles. The van der Waals surface area contributed by atoms with Crippen LogP contribution in [0.1, 0.15) is 33.0 Å². The van der Waals surface area contributed by atoms with Gasteiger partial charge in [0.1, 0.15) is 24.4 Å². The van der Waals surface area contributed by atoms with Gasteiger partial charge in [-0.2, -0.15) is 5.10 Å². The number of rotatable bonds is 4. The minimum absolute atomic E-state index is 0.135. The Morgan fingerprint density at radius 2 is 1.93 bits per heavy atom. The molecule has 0 atom stereocenters. The zero-order valence-corrected chi connectivity index (χ0v) is 17.6. The fourth-order valence-corrected chi connectivity index (χ4v) is 3.42. The van der Waals surface area contributed by atoms with Crippen molar-refractivity contribution in [3.05, 3.63) is 40.6 Å². The summed E-state index contributed by atoms with van der Waals surface area (Å²) in [6.45, 7) is 9.00. The lowest BCUT2D eigenvalue weighted by Crippen LogP contribution is -2.28. The molecule has 0 fully saturated rings. The standard InChI is InChI=1S/C21H25N5O4/c1-13-23-19-15(12-22-26(19)21(2,3)4)20(28)25(13)8-7-18(27)24-14-5-6-16-17(11-14)30-10-9-29-16/h5-6,11-12H,7-10H2,1-4H3,(H,24,27). The maximum absolute atomic E-state index is 12.9. The van der Waals surface area contributed by atoms with E-state index in [0.717, 1.165) is 0 Å². The first-order valence-corrected chi connectivity index (χ1v) is 9.89. The van der Waals surface area contributed by atoms with E-state index in [1.807, 2.05) is 20.8 Å². The van der Waals surface area contributed by atoms with Gasteiger partial charge in [0.15, 0.2) is 17.1 Å². The van der Waals surface area contributed by atoms with E-state index in [1.54, 1.807) is 36.0 Å². The van der Waals surface area contributed by atoms with Gasteiger partial charge >= 0.3 is 0 Å². The van der Waals surface area contributed by atoms with Crippen LogP contribution in [0.25, 0.3) is 11.0 Å². The van der Waals surface area contributed by atoms with Crippen LogP contribution in [0.4, 0.5) is 5.69 Å². The number of aryl methyl sites for hydroxylation is 1. The van der Waals surface area contributed by atoms with Gasteiger partial charge in [0.05, 0.1) is 11.7 Å². The Morgan fingerprint density at radius 1 is 1.20 bits per heavy atom. The van der Waals surface area contributed by atoms with Gasteiger partial charge < -0.3 is 14.8 Å². The minimum Gasteiger partial charge on any atom is -0.486 e. The highest BCUT2D eigenvalue weighted by atomic mass is 16.6. The molecule has 0 saturated heterocycles. The van der Waals surface area contributed by atoms with Crippen molar-refractivity contribution in [2.24, 2.45) is 0 Å². The molecule has 2 aromatic heterocycles. The monoisotopic (exact) mass is 411 g/mol. The number of nitrogens with zero attached hydrogens (tertiary/aromatic N) is 4. The third-order valence-electron chi connectivity index (χ3n) is 4.90. The van der Waals surface area contributed by atoms with Crippen molar-refractivity contribution in [3.63, 3.8) is 0 Å². The van der Waals surface area contributed by atoms with E-state index < -0.39 is 0 Å². The Kier molecular flexibility index (Phi) is 4.97. The third-order valence-corrected chi connectivity index (χ3v) is 4.90. The van der Waals surface area contributed by atoms with Crippen LogP contribution < -0.4 is 20.3 Å². The Hall–Kier alpha value is -3.36. The van der Waals surface area contributed by atoms with E-state index in [1.165, 1.54) is 4.57 Å². The van der Waals surface area contributed by atoms with Gasteiger partial charge in [-0.15, -0.1) is 0 Å². The van der Waals surface area contributed by atoms with E-state index in [4.69, 9.17) is 9.47 Å². The predicted octanol–water partition coefficient (Wildman–Crippen LogP) is 2.46. The molecule has 0 bridgehead atoms. The second-order valence-electron chi connectivity index (χ2n) is 8.24. The first-order chi connectivity index (χ1) is 14.2. The van der Waals surface area contributed by atoms with Crippen molar-refractivity contribution >= 4 is 22.6 Å². The molecule has 1 aliphatic heterocycles. The van der Waals surface area contributed by atoms with Gasteiger partial charge in [-0.25, -0.2) is 9.67 Å². The largest absolute Gasteiger partial charge is 0.486 e. The first kappa shape index (κ1) is 19.9. The van der Waals surface area contributed by atoms with Crippen LogP contribution in [-0.2, 0) is 16.9 Å². The summed E-state index contributed by atoms with van der Waals surface area (Å²) in [5, 5.41) is 7.62. The molecular formula is C21H25N5O4.